The standard InChI is InChI=1S/C76H98N2O15S/c1-9-54-39-61-24-20-53(3)66-45-72(70(85-7)47-68(66)75(83)78(61)49-54)93-51-59-38-58(50-92-71-44-60-23-25-62-40-55(10-2)48-77(62)74(82)67(60)46-69(71)84-6)42-65(43-59)91-30-15-18-56-16-14-17-57(22-21-56)41-63(79)26-28-76(4,5)94-52-64(80)19-12-11-13-29-87-32-34-89-36-37-90-35-33-88-31-27-73(81)86-8/h9-10,12,19-20,23-25,38,41-47,56,61-62H,3,11,13-18,21-22,26-37,39-40,48-52H2,1-2,4-8H3/b19-12+,24-20?,54-9?,55-10?,57-41?. The summed E-state index contributed by atoms with van der Waals surface area (Å²) in [5.41, 5.74) is 8.65. The minimum Gasteiger partial charge on any atom is -0.494 e. The lowest BCUT2D eigenvalue weighted by atomic mass is 9.95. The Bertz CT molecular complexity index is 3300. The second kappa shape index (κ2) is 37.2. The number of thioether (sulfide) groups is 1. The summed E-state index contributed by atoms with van der Waals surface area (Å²) in [7, 11) is 4.51. The van der Waals surface area contributed by atoms with E-state index < -0.39 is 0 Å². The minimum atomic E-state index is -0.299. The van der Waals surface area contributed by atoms with Crippen molar-refractivity contribution in [1.29, 1.82) is 0 Å². The van der Waals surface area contributed by atoms with Crippen molar-refractivity contribution in [1.82, 2.24) is 9.80 Å². The Morgan fingerprint density at radius 3 is 1.86 bits per heavy atom. The van der Waals surface area contributed by atoms with Crippen LogP contribution in [0.1, 0.15) is 161 Å². The van der Waals surface area contributed by atoms with Crippen LogP contribution in [0.25, 0.3) is 11.6 Å². The van der Waals surface area contributed by atoms with Gasteiger partial charge in [-0.25, -0.2) is 0 Å². The Morgan fingerprint density at radius 2 is 1.22 bits per heavy atom. The lowest BCUT2D eigenvalue weighted by Gasteiger charge is -2.26. The number of nitrogens with zero attached hydrogens (tertiary/aromatic N) is 2. The second-order valence-corrected chi connectivity index (χ2v) is 26.8. The predicted octanol–water partition coefficient (Wildman–Crippen LogP) is 13.9. The summed E-state index contributed by atoms with van der Waals surface area (Å²) in [5.74, 6) is 3.26. The fraction of sp³-hybridized carbons (Fsp3) is 0.513. The van der Waals surface area contributed by atoms with Crippen LogP contribution in [0.5, 0.6) is 28.7 Å². The number of hydrogen-bond donors (Lipinski definition) is 0. The minimum absolute atomic E-state index is 0.00256. The van der Waals surface area contributed by atoms with Gasteiger partial charge in [-0.15, -0.1) is 11.8 Å². The van der Waals surface area contributed by atoms with E-state index in [2.05, 4.69) is 49.5 Å². The van der Waals surface area contributed by atoms with Crippen LogP contribution in [0.3, 0.4) is 0 Å². The van der Waals surface area contributed by atoms with E-state index in [0.29, 0.717) is 143 Å². The summed E-state index contributed by atoms with van der Waals surface area (Å²) < 4.78 is 57.7. The zero-order valence-corrected chi connectivity index (χ0v) is 57.2. The first-order chi connectivity index (χ1) is 45.6. The molecule has 3 aromatic rings. The van der Waals surface area contributed by atoms with Gasteiger partial charge in [0.25, 0.3) is 11.8 Å². The van der Waals surface area contributed by atoms with Gasteiger partial charge in [0, 0.05) is 30.9 Å². The molecule has 4 heterocycles. The molecule has 0 aromatic heterocycles. The Kier molecular flexibility index (Phi) is 28.7. The van der Waals surface area contributed by atoms with E-state index in [9.17, 15) is 24.0 Å². The molecule has 2 saturated heterocycles. The maximum absolute atomic E-state index is 14.1. The smallest absolute Gasteiger partial charge is 0.307 e. The van der Waals surface area contributed by atoms with Crippen LogP contribution in [0, 0.1) is 5.92 Å². The molecule has 1 aliphatic carbocycles. The maximum atomic E-state index is 14.1. The molecule has 3 unspecified atom stereocenters. The van der Waals surface area contributed by atoms with E-state index in [4.69, 9.17) is 42.6 Å². The van der Waals surface area contributed by atoms with E-state index in [-0.39, 0.29) is 65.8 Å². The highest BCUT2D eigenvalue weighted by molar-refractivity contribution is 8.01. The van der Waals surface area contributed by atoms with E-state index >= 15 is 0 Å². The van der Waals surface area contributed by atoms with Crippen LogP contribution >= 0.6 is 11.8 Å². The van der Waals surface area contributed by atoms with Crippen molar-refractivity contribution >= 4 is 52.8 Å². The van der Waals surface area contributed by atoms with Crippen molar-refractivity contribution in [2.45, 2.75) is 148 Å². The molecule has 8 rings (SSSR count). The maximum Gasteiger partial charge on any atom is 0.307 e. The molecule has 18 heteroatoms. The van der Waals surface area contributed by atoms with Gasteiger partial charge in [-0.1, -0.05) is 86.1 Å². The largest absolute Gasteiger partial charge is 0.494 e. The van der Waals surface area contributed by atoms with Crippen LogP contribution < -0.4 is 23.7 Å². The molecule has 0 radical (unpaired) electrons. The molecule has 4 aliphatic heterocycles. The second-order valence-electron chi connectivity index (χ2n) is 25.1. The average molecular weight is 1310 g/mol. The number of esters is 1. The monoisotopic (exact) mass is 1310 g/mol. The third-order valence-electron chi connectivity index (χ3n) is 17.8. The summed E-state index contributed by atoms with van der Waals surface area (Å²) in [6, 6.07) is 13.3. The molecule has 94 heavy (non-hydrogen) atoms. The van der Waals surface area contributed by atoms with Crippen molar-refractivity contribution in [3.05, 3.63) is 148 Å². The van der Waals surface area contributed by atoms with Crippen molar-refractivity contribution in [2.24, 2.45) is 5.92 Å². The third kappa shape index (κ3) is 21.9. The van der Waals surface area contributed by atoms with Gasteiger partial charge in [0.15, 0.2) is 34.6 Å². The predicted molar refractivity (Wildman–Crippen MR) is 368 cm³/mol. The molecular weight excluding hydrogens is 1210 g/mol. The van der Waals surface area contributed by atoms with Crippen LogP contribution in [-0.2, 0) is 51.3 Å². The summed E-state index contributed by atoms with van der Waals surface area (Å²) in [6.45, 7) is 18.2. The van der Waals surface area contributed by atoms with Gasteiger partial charge < -0.3 is 57.2 Å². The number of ether oxygens (including phenoxy) is 10. The molecule has 1 saturated carbocycles. The van der Waals surface area contributed by atoms with Crippen molar-refractivity contribution in [3.8, 4) is 28.7 Å². The van der Waals surface area contributed by atoms with Crippen LogP contribution in [0.2, 0.25) is 0 Å². The first kappa shape index (κ1) is 72.6. The first-order valence-electron chi connectivity index (χ1n) is 33.4. The number of hydrogen-bond acceptors (Lipinski definition) is 16. The molecule has 0 N–H and O–H groups in total. The lowest BCUT2D eigenvalue weighted by Crippen LogP contribution is -2.35. The number of methoxy groups -OCH3 is 3. The van der Waals surface area contributed by atoms with Gasteiger partial charge in [-0.05, 0) is 173 Å². The fourth-order valence-electron chi connectivity index (χ4n) is 12.3. The van der Waals surface area contributed by atoms with Crippen LogP contribution in [-0.4, -0.2) is 156 Å². The number of carbonyl (C=O) groups is 5. The topological polar surface area (TPSA) is 184 Å². The number of rotatable bonds is 37. The zero-order valence-electron chi connectivity index (χ0n) is 56.4. The van der Waals surface area contributed by atoms with Crippen molar-refractivity contribution in [3.63, 3.8) is 0 Å². The van der Waals surface area contributed by atoms with Gasteiger partial charge in [0.05, 0.1) is 110 Å². The molecule has 508 valence electrons. The van der Waals surface area contributed by atoms with Gasteiger partial charge >= 0.3 is 5.97 Å². The number of unbranched alkanes of at least 4 members (excludes halogenated alkanes) is 1. The summed E-state index contributed by atoms with van der Waals surface area (Å²) in [6.07, 6.45) is 29.2. The summed E-state index contributed by atoms with van der Waals surface area (Å²) >= 11 is 1.60. The van der Waals surface area contributed by atoms with Crippen molar-refractivity contribution < 1.29 is 71.3 Å². The van der Waals surface area contributed by atoms with Crippen LogP contribution in [0.15, 0.2) is 114 Å². The van der Waals surface area contributed by atoms with E-state index in [1.165, 1.54) is 23.8 Å². The Hall–Kier alpha value is -7.22. The van der Waals surface area contributed by atoms with E-state index in [1.54, 1.807) is 44.2 Å². The highest BCUT2D eigenvalue weighted by atomic mass is 32.2. The van der Waals surface area contributed by atoms with Crippen molar-refractivity contribution in [2.75, 3.05) is 99.6 Å². The molecule has 3 atom stereocenters. The molecule has 3 fully saturated rings. The molecule has 0 bridgehead atoms. The molecule has 5 aliphatic rings. The Morgan fingerprint density at radius 1 is 0.628 bits per heavy atom. The zero-order chi connectivity index (χ0) is 66.8. The number of amides is 2. The fourth-order valence-corrected chi connectivity index (χ4v) is 13.1. The molecular formula is C76H98N2O15S. The van der Waals surface area contributed by atoms with E-state index in [0.717, 1.165) is 92.9 Å². The number of ketones is 2. The molecule has 17 nitrogen and oxygen atoms in total. The molecule has 0 spiro atoms. The number of benzene rings is 3. The van der Waals surface area contributed by atoms with Gasteiger partial charge in [0.1, 0.15) is 19.0 Å². The Labute approximate surface area is 560 Å². The van der Waals surface area contributed by atoms with Gasteiger partial charge in [0.2, 0.25) is 0 Å². The number of carbonyl (C=O) groups excluding carboxylic acids is 5. The third-order valence-corrected chi connectivity index (χ3v) is 19.2. The van der Waals surface area contributed by atoms with Crippen LogP contribution in [0.4, 0.5) is 0 Å². The number of fused-ring (bicyclic) bond motifs is 4. The highest BCUT2D eigenvalue weighted by Gasteiger charge is 2.36. The van der Waals surface area contributed by atoms with E-state index in [1.807, 2.05) is 78.3 Å². The molecule has 2 amide bonds. The molecule has 3 aromatic carbocycles. The van der Waals surface area contributed by atoms with Gasteiger partial charge in [-0.3, -0.25) is 24.0 Å². The SMILES string of the molecule is C=C1C=CC2CC(=CC)CN2C(=O)c2cc(OC)c(OCc3cc(COc4cc5c(cc4OC)C(=O)N4CC(=CC)CC4C=C5)cc(OCCCC4CCCC(=CC(=O)CCC(C)(C)SCC(=O)/C=C/CCCOCCOCCOCCOCCC(=O)OC)CC4)c3)cc21. The quantitative estimate of drug-likeness (QED) is 0.0174. The summed E-state index contributed by atoms with van der Waals surface area (Å²) in [4.78, 5) is 69.0. The Balaban J connectivity index is 0.793. The summed E-state index contributed by atoms with van der Waals surface area (Å²) in [5, 5.41) is 0. The number of allylic oxidation sites excluding steroid dienone is 8. The average Bonchev–Trinajstić information content (AvgIpc) is 1.54. The first-order valence-corrected chi connectivity index (χ1v) is 34.4. The normalized spacial score (nSPS) is 19.2. The van der Waals surface area contributed by atoms with Gasteiger partial charge in [-0.2, -0.15) is 0 Å². The highest BCUT2D eigenvalue weighted by Crippen LogP contribution is 2.41. The lowest BCUT2D eigenvalue weighted by molar-refractivity contribution is -0.142.